The van der Waals surface area contributed by atoms with Gasteiger partial charge in [-0.15, -0.1) is 0 Å². The van der Waals surface area contributed by atoms with E-state index in [0.717, 1.165) is 6.54 Å². The van der Waals surface area contributed by atoms with Gasteiger partial charge in [-0.05, 0) is 24.7 Å². The van der Waals surface area contributed by atoms with Crippen LogP contribution in [0.4, 0.5) is 10.1 Å². The van der Waals surface area contributed by atoms with Gasteiger partial charge in [-0.2, -0.15) is 5.10 Å². The summed E-state index contributed by atoms with van der Waals surface area (Å²) in [7, 11) is 1.85. The molecule has 2 N–H and O–H groups in total. The molecule has 7 heteroatoms. The van der Waals surface area contributed by atoms with Gasteiger partial charge in [0.25, 0.3) is 5.56 Å². The quantitative estimate of drug-likeness (QED) is 0.798. The van der Waals surface area contributed by atoms with Gasteiger partial charge in [0.1, 0.15) is 5.82 Å². The van der Waals surface area contributed by atoms with Crippen molar-refractivity contribution >= 4 is 17.3 Å². The molecule has 112 valence electrons. The molecule has 0 aliphatic heterocycles. The predicted molar refractivity (Wildman–Crippen MR) is 81.4 cm³/mol. The lowest BCUT2D eigenvalue weighted by Gasteiger charge is -2.08. The summed E-state index contributed by atoms with van der Waals surface area (Å²) in [5, 5.41) is 10.2. The Morgan fingerprint density at radius 3 is 2.81 bits per heavy atom. The third kappa shape index (κ3) is 4.27. The molecule has 1 heterocycles. The first-order chi connectivity index (χ1) is 10.1. The van der Waals surface area contributed by atoms with Crippen LogP contribution in [0.1, 0.15) is 5.56 Å². The molecule has 0 amide bonds. The van der Waals surface area contributed by atoms with Crippen molar-refractivity contribution in [2.24, 2.45) is 0 Å². The summed E-state index contributed by atoms with van der Waals surface area (Å²) in [6.07, 6.45) is 1.57. The van der Waals surface area contributed by atoms with Gasteiger partial charge in [0, 0.05) is 19.2 Å². The van der Waals surface area contributed by atoms with Gasteiger partial charge >= 0.3 is 0 Å². The van der Waals surface area contributed by atoms with Gasteiger partial charge in [-0.3, -0.25) is 4.79 Å². The van der Waals surface area contributed by atoms with Crippen molar-refractivity contribution in [1.29, 1.82) is 0 Å². The Bertz CT molecular complexity index is 674. The lowest BCUT2D eigenvalue weighted by molar-refractivity contribution is 0.611. The number of halogens is 2. The van der Waals surface area contributed by atoms with E-state index >= 15 is 0 Å². The number of nitrogens with zero attached hydrogens (tertiary/aromatic N) is 2. The molecule has 1 aromatic carbocycles. The molecule has 0 saturated heterocycles. The highest BCUT2D eigenvalue weighted by atomic mass is 35.5. The Labute approximate surface area is 126 Å². The van der Waals surface area contributed by atoms with Crippen molar-refractivity contribution in [1.82, 2.24) is 15.1 Å². The first-order valence-corrected chi connectivity index (χ1v) is 6.87. The first-order valence-electron chi connectivity index (χ1n) is 6.49. The minimum absolute atomic E-state index is 0.0585. The molecule has 0 radical (unpaired) electrons. The van der Waals surface area contributed by atoms with Gasteiger partial charge in [0.2, 0.25) is 0 Å². The number of nitrogens with one attached hydrogen (secondary N) is 2. The second-order valence-electron chi connectivity index (χ2n) is 4.52. The second kappa shape index (κ2) is 7.19. The van der Waals surface area contributed by atoms with Crippen LogP contribution >= 0.6 is 11.6 Å². The van der Waals surface area contributed by atoms with Gasteiger partial charge in [-0.1, -0.05) is 17.7 Å². The topological polar surface area (TPSA) is 59.0 Å². The fourth-order valence-corrected chi connectivity index (χ4v) is 1.91. The van der Waals surface area contributed by atoms with Crippen LogP contribution in [0.25, 0.3) is 0 Å². The van der Waals surface area contributed by atoms with E-state index in [0.29, 0.717) is 17.8 Å². The molecule has 0 saturated carbocycles. The standard InChI is InChI=1S/C14H16ClFN4O/c1-17-4-5-18-11-7-14(21)20(19-8-11)9-10-2-3-12(15)13(16)6-10/h2-3,6-8,17-18H,4-5,9H2,1H3. The molecule has 1 aromatic heterocycles. The van der Waals surface area contributed by atoms with Crippen LogP contribution in [-0.4, -0.2) is 29.9 Å². The second-order valence-corrected chi connectivity index (χ2v) is 4.93. The normalized spacial score (nSPS) is 10.6. The zero-order chi connectivity index (χ0) is 15.2. The summed E-state index contributed by atoms with van der Waals surface area (Å²) in [5.74, 6) is -0.507. The lowest BCUT2D eigenvalue weighted by atomic mass is 10.2. The minimum Gasteiger partial charge on any atom is -0.382 e. The van der Waals surface area contributed by atoms with Crippen molar-refractivity contribution in [2.45, 2.75) is 6.54 Å². The summed E-state index contributed by atoms with van der Waals surface area (Å²) in [5.41, 5.74) is 1.04. The van der Waals surface area contributed by atoms with Gasteiger partial charge in [-0.25, -0.2) is 9.07 Å². The Balaban J connectivity index is 2.10. The highest BCUT2D eigenvalue weighted by Gasteiger charge is 2.04. The fourth-order valence-electron chi connectivity index (χ4n) is 1.79. The van der Waals surface area contributed by atoms with E-state index in [1.54, 1.807) is 12.3 Å². The summed E-state index contributed by atoms with van der Waals surface area (Å²) in [4.78, 5) is 12.0. The summed E-state index contributed by atoms with van der Waals surface area (Å²) < 4.78 is 14.6. The average molecular weight is 311 g/mol. The van der Waals surface area contributed by atoms with Crippen molar-refractivity contribution in [2.75, 3.05) is 25.5 Å². The van der Waals surface area contributed by atoms with Crippen molar-refractivity contribution in [3.63, 3.8) is 0 Å². The van der Waals surface area contributed by atoms with Gasteiger partial charge in [0.15, 0.2) is 0 Å². The third-order valence-electron chi connectivity index (χ3n) is 2.89. The molecule has 0 aliphatic rings. The Hall–Kier alpha value is -1.92. The molecule has 5 nitrogen and oxygen atoms in total. The molecule has 0 bridgehead atoms. The molecule has 0 spiro atoms. The fraction of sp³-hybridized carbons (Fsp3) is 0.286. The highest BCUT2D eigenvalue weighted by Crippen LogP contribution is 2.15. The number of rotatable bonds is 6. The Morgan fingerprint density at radius 1 is 1.33 bits per heavy atom. The van der Waals surface area contributed by atoms with Crippen LogP contribution in [0, 0.1) is 5.82 Å². The maximum Gasteiger partial charge on any atom is 0.269 e. The van der Waals surface area contributed by atoms with Crippen LogP contribution in [0.3, 0.4) is 0 Å². The van der Waals surface area contributed by atoms with Crippen molar-refractivity contribution in [3.8, 4) is 0 Å². The van der Waals surface area contributed by atoms with Crippen LogP contribution < -0.4 is 16.2 Å². The number of anilines is 1. The highest BCUT2D eigenvalue weighted by molar-refractivity contribution is 6.30. The summed E-state index contributed by atoms with van der Waals surface area (Å²) >= 11 is 5.62. The molecular weight excluding hydrogens is 295 g/mol. The van der Waals surface area contributed by atoms with Crippen LogP contribution in [-0.2, 0) is 6.54 Å². The van der Waals surface area contributed by atoms with E-state index in [1.807, 2.05) is 7.05 Å². The smallest absolute Gasteiger partial charge is 0.269 e. The maximum atomic E-state index is 13.4. The number of aromatic nitrogens is 2. The first kappa shape index (κ1) is 15.5. The molecule has 21 heavy (non-hydrogen) atoms. The van der Waals surface area contributed by atoms with E-state index in [2.05, 4.69) is 15.7 Å². The zero-order valence-electron chi connectivity index (χ0n) is 11.6. The summed E-state index contributed by atoms with van der Waals surface area (Å²) in [6.45, 7) is 1.68. The van der Waals surface area contributed by atoms with Crippen LogP contribution in [0.5, 0.6) is 0 Å². The Morgan fingerprint density at radius 2 is 2.14 bits per heavy atom. The lowest BCUT2D eigenvalue weighted by Crippen LogP contribution is -2.24. The average Bonchev–Trinajstić information content (AvgIpc) is 2.46. The Kier molecular flexibility index (Phi) is 5.30. The largest absolute Gasteiger partial charge is 0.382 e. The van der Waals surface area contributed by atoms with Crippen molar-refractivity contribution in [3.05, 3.63) is 57.2 Å². The number of hydrogen-bond acceptors (Lipinski definition) is 4. The maximum absolute atomic E-state index is 13.4. The molecule has 0 fully saturated rings. The van der Waals surface area contributed by atoms with Crippen LogP contribution in [0.15, 0.2) is 35.3 Å². The number of hydrogen-bond donors (Lipinski definition) is 2. The monoisotopic (exact) mass is 310 g/mol. The van der Waals surface area contributed by atoms with Crippen LogP contribution in [0.2, 0.25) is 5.02 Å². The molecule has 0 aliphatic carbocycles. The molecular formula is C14H16ClFN4O. The van der Waals surface area contributed by atoms with E-state index in [-0.39, 0.29) is 17.1 Å². The van der Waals surface area contributed by atoms with Gasteiger partial charge < -0.3 is 10.6 Å². The van der Waals surface area contributed by atoms with E-state index in [4.69, 9.17) is 11.6 Å². The van der Waals surface area contributed by atoms with E-state index in [9.17, 15) is 9.18 Å². The molecule has 2 aromatic rings. The SMILES string of the molecule is CNCCNc1cnn(Cc2ccc(Cl)c(F)c2)c(=O)c1. The zero-order valence-corrected chi connectivity index (χ0v) is 12.3. The molecule has 2 rings (SSSR count). The van der Waals surface area contributed by atoms with Crippen molar-refractivity contribution < 1.29 is 4.39 Å². The molecule has 0 atom stereocenters. The molecule has 0 unspecified atom stereocenters. The minimum atomic E-state index is -0.507. The van der Waals surface area contributed by atoms with E-state index in [1.165, 1.54) is 22.9 Å². The van der Waals surface area contributed by atoms with Gasteiger partial charge in [0.05, 0.1) is 23.5 Å². The number of likely N-dealkylation sites (N-methyl/N-ethyl adjacent to an activating group) is 1. The summed E-state index contributed by atoms with van der Waals surface area (Å²) in [6, 6.07) is 5.90. The predicted octanol–water partition coefficient (Wildman–Crippen LogP) is 1.72. The third-order valence-corrected chi connectivity index (χ3v) is 3.20. The van der Waals surface area contributed by atoms with E-state index < -0.39 is 5.82 Å². The number of benzene rings is 1.